The molecule has 1 saturated heterocycles. The number of aromatic nitrogens is 4. The predicted molar refractivity (Wildman–Crippen MR) is 112 cm³/mol. The van der Waals surface area contributed by atoms with Gasteiger partial charge in [-0.2, -0.15) is 10.2 Å². The van der Waals surface area contributed by atoms with Crippen molar-refractivity contribution in [3.8, 4) is 5.69 Å². The monoisotopic (exact) mass is 390 g/mol. The number of hydrogen-bond acceptors (Lipinski definition) is 4. The molecule has 2 fully saturated rings. The van der Waals surface area contributed by atoms with Crippen LogP contribution < -0.4 is 4.90 Å². The molecule has 0 radical (unpaired) electrons. The summed E-state index contributed by atoms with van der Waals surface area (Å²) in [7, 11) is 2.01. The van der Waals surface area contributed by atoms with Crippen molar-refractivity contribution < 1.29 is 4.79 Å². The normalized spacial score (nSPS) is 17.0. The van der Waals surface area contributed by atoms with Gasteiger partial charge in [-0.05, 0) is 31.9 Å². The van der Waals surface area contributed by atoms with E-state index in [9.17, 15) is 4.79 Å². The van der Waals surface area contributed by atoms with Crippen molar-refractivity contribution in [2.24, 2.45) is 7.05 Å². The van der Waals surface area contributed by atoms with E-state index < -0.39 is 0 Å². The summed E-state index contributed by atoms with van der Waals surface area (Å²) in [5.41, 5.74) is 3.74. The second-order valence-corrected chi connectivity index (χ2v) is 8.00. The van der Waals surface area contributed by atoms with E-state index >= 15 is 0 Å². The van der Waals surface area contributed by atoms with Crippen LogP contribution in [0.15, 0.2) is 42.6 Å². The van der Waals surface area contributed by atoms with E-state index in [-0.39, 0.29) is 5.91 Å². The number of benzene rings is 1. The van der Waals surface area contributed by atoms with E-state index in [2.05, 4.69) is 21.2 Å². The third-order valence-electron chi connectivity index (χ3n) is 6.00. The zero-order chi connectivity index (χ0) is 20.0. The third kappa shape index (κ3) is 3.30. The summed E-state index contributed by atoms with van der Waals surface area (Å²) in [5.74, 6) is 1.88. The van der Waals surface area contributed by atoms with E-state index in [0.29, 0.717) is 24.6 Å². The first-order valence-electron chi connectivity index (χ1n) is 10.3. The molecule has 1 aliphatic heterocycles. The second kappa shape index (κ2) is 7.06. The number of rotatable bonds is 4. The number of hydrogen-bond donors (Lipinski definition) is 0. The van der Waals surface area contributed by atoms with Gasteiger partial charge in [0.05, 0.1) is 28.8 Å². The molecule has 3 heterocycles. The van der Waals surface area contributed by atoms with Crippen molar-refractivity contribution in [2.45, 2.75) is 25.7 Å². The van der Waals surface area contributed by atoms with Crippen LogP contribution >= 0.6 is 0 Å². The van der Waals surface area contributed by atoms with Crippen LogP contribution in [0, 0.1) is 6.92 Å². The van der Waals surface area contributed by atoms with Crippen LogP contribution in [-0.2, 0) is 7.05 Å². The van der Waals surface area contributed by atoms with E-state index in [4.69, 9.17) is 0 Å². The summed E-state index contributed by atoms with van der Waals surface area (Å²) < 4.78 is 3.82. The highest BCUT2D eigenvalue weighted by atomic mass is 16.2. The molecule has 0 atom stereocenters. The highest BCUT2D eigenvalue weighted by Gasteiger charge is 2.30. The molecule has 150 valence electrons. The van der Waals surface area contributed by atoms with Crippen LogP contribution in [0.25, 0.3) is 5.69 Å². The zero-order valence-corrected chi connectivity index (χ0v) is 17.0. The number of amides is 1. The summed E-state index contributed by atoms with van der Waals surface area (Å²) in [6, 6.07) is 12.1. The van der Waals surface area contributed by atoms with Gasteiger partial charge in [-0.15, -0.1) is 0 Å². The average Bonchev–Trinajstić information content (AvgIpc) is 3.43. The summed E-state index contributed by atoms with van der Waals surface area (Å²) in [4.78, 5) is 17.4. The number of carbonyl (C=O) groups is 1. The molecule has 0 spiro atoms. The minimum absolute atomic E-state index is 0.0630. The van der Waals surface area contributed by atoms with Crippen molar-refractivity contribution >= 4 is 11.7 Å². The van der Waals surface area contributed by atoms with Gasteiger partial charge in [0.15, 0.2) is 0 Å². The fraction of sp³-hybridized carbons (Fsp3) is 0.409. The summed E-state index contributed by atoms with van der Waals surface area (Å²) in [6.45, 7) is 5.01. The average molecular weight is 390 g/mol. The third-order valence-corrected chi connectivity index (χ3v) is 6.00. The maximum absolute atomic E-state index is 13.1. The van der Waals surface area contributed by atoms with Gasteiger partial charge in [-0.3, -0.25) is 9.48 Å². The Morgan fingerprint density at radius 1 is 1.07 bits per heavy atom. The van der Waals surface area contributed by atoms with Crippen molar-refractivity contribution in [3.05, 3.63) is 59.5 Å². The largest absolute Gasteiger partial charge is 0.353 e. The van der Waals surface area contributed by atoms with Gasteiger partial charge < -0.3 is 9.80 Å². The molecular formula is C22H26N6O. The van der Waals surface area contributed by atoms with Gasteiger partial charge in [-0.25, -0.2) is 4.68 Å². The molecule has 0 bridgehead atoms. The lowest BCUT2D eigenvalue weighted by Crippen LogP contribution is -2.49. The molecule has 0 N–H and O–H groups in total. The fourth-order valence-electron chi connectivity index (χ4n) is 4.11. The lowest BCUT2D eigenvalue weighted by Gasteiger charge is -2.35. The van der Waals surface area contributed by atoms with E-state index in [1.807, 2.05) is 58.6 Å². The highest BCUT2D eigenvalue weighted by molar-refractivity contribution is 5.95. The van der Waals surface area contributed by atoms with Crippen molar-refractivity contribution in [3.63, 3.8) is 0 Å². The number of carbonyl (C=O) groups excluding carboxylic acids is 1. The minimum Gasteiger partial charge on any atom is -0.353 e. The molecule has 2 aliphatic rings. The number of piperazine rings is 1. The van der Waals surface area contributed by atoms with Crippen LogP contribution in [0.3, 0.4) is 0 Å². The molecule has 5 rings (SSSR count). The molecule has 3 aromatic rings. The molecule has 1 amide bonds. The molecule has 29 heavy (non-hydrogen) atoms. The summed E-state index contributed by atoms with van der Waals surface area (Å²) in [5, 5.41) is 9.12. The predicted octanol–water partition coefficient (Wildman–Crippen LogP) is 2.75. The molecule has 1 saturated carbocycles. The van der Waals surface area contributed by atoms with Gasteiger partial charge in [0.1, 0.15) is 5.82 Å². The Kier molecular flexibility index (Phi) is 4.38. The van der Waals surface area contributed by atoms with Gasteiger partial charge in [-0.1, -0.05) is 18.2 Å². The Labute approximate surface area is 170 Å². The Balaban J connectivity index is 1.28. The topological polar surface area (TPSA) is 59.2 Å². The van der Waals surface area contributed by atoms with Gasteiger partial charge in [0, 0.05) is 45.2 Å². The number of anilines is 1. The number of para-hydroxylation sites is 1. The van der Waals surface area contributed by atoms with Crippen molar-refractivity contribution in [2.75, 3.05) is 31.1 Å². The molecule has 7 heteroatoms. The van der Waals surface area contributed by atoms with Crippen molar-refractivity contribution in [1.82, 2.24) is 24.5 Å². The Morgan fingerprint density at radius 3 is 2.48 bits per heavy atom. The molecular weight excluding hydrogens is 364 g/mol. The summed E-state index contributed by atoms with van der Waals surface area (Å²) >= 11 is 0. The second-order valence-electron chi connectivity index (χ2n) is 8.00. The lowest BCUT2D eigenvalue weighted by atomic mass is 10.2. The van der Waals surface area contributed by atoms with Gasteiger partial charge in [0.25, 0.3) is 5.91 Å². The molecule has 1 aliphatic carbocycles. The standard InChI is InChI=1S/C22H26N6O/c1-16-19(15-23-28(16)18-6-4-3-5-7-18)22(29)27-12-10-26(11-13-27)21-14-20(17-8-9-17)24-25(21)2/h3-7,14-15,17H,8-13H2,1-2H3. The minimum atomic E-state index is 0.0630. The lowest BCUT2D eigenvalue weighted by molar-refractivity contribution is 0.0745. The van der Waals surface area contributed by atoms with Crippen LogP contribution in [0.5, 0.6) is 0 Å². The van der Waals surface area contributed by atoms with Crippen LogP contribution in [-0.4, -0.2) is 56.5 Å². The van der Waals surface area contributed by atoms with E-state index in [1.165, 1.54) is 18.5 Å². The van der Waals surface area contributed by atoms with E-state index in [0.717, 1.165) is 30.3 Å². The Hall–Kier alpha value is -3.09. The van der Waals surface area contributed by atoms with E-state index in [1.54, 1.807) is 6.20 Å². The quantitative estimate of drug-likeness (QED) is 0.687. The zero-order valence-electron chi connectivity index (χ0n) is 17.0. The van der Waals surface area contributed by atoms with Crippen LogP contribution in [0.1, 0.15) is 40.5 Å². The highest BCUT2D eigenvalue weighted by Crippen LogP contribution is 2.40. The fourth-order valence-corrected chi connectivity index (χ4v) is 4.11. The smallest absolute Gasteiger partial charge is 0.257 e. The first-order valence-corrected chi connectivity index (χ1v) is 10.3. The first kappa shape index (κ1) is 18.0. The van der Waals surface area contributed by atoms with Crippen LogP contribution in [0.4, 0.5) is 5.82 Å². The molecule has 0 unspecified atom stereocenters. The first-order chi connectivity index (χ1) is 14.1. The molecule has 1 aromatic carbocycles. The Morgan fingerprint density at radius 2 is 1.79 bits per heavy atom. The van der Waals surface area contributed by atoms with Crippen molar-refractivity contribution in [1.29, 1.82) is 0 Å². The van der Waals surface area contributed by atoms with Gasteiger partial charge in [0.2, 0.25) is 0 Å². The summed E-state index contributed by atoms with van der Waals surface area (Å²) in [6.07, 6.45) is 4.21. The van der Waals surface area contributed by atoms with Crippen LogP contribution in [0.2, 0.25) is 0 Å². The Bertz CT molecular complexity index is 1030. The molecule has 7 nitrogen and oxygen atoms in total. The maximum Gasteiger partial charge on any atom is 0.257 e. The SMILES string of the molecule is Cc1c(C(=O)N2CCN(c3cc(C4CC4)nn3C)CC2)cnn1-c1ccccc1. The maximum atomic E-state index is 13.1. The van der Waals surface area contributed by atoms with Gasteiger partial charge >= 0.3 is 0 Å². The number of nitrogens with zero attached hydrogens (tertiary/aromatic N) is 6. The number of aryl methyl sites for hydroxylation is 1. The molecule has 2 aromatic heterocycles.